The molecule has 0 amide bonds. The number of anilines is 1. The number of fused-ring (bicyclic) bond motifs is 1. The number of morpholine rings is 1. The van der Waals surface area contributed by atoms with E-state index < -0.39 is 5.97 Å². The van der Waals surface area contributed by atoms with Crippen molar-refractivity contribution in [1.29, 1.82) is 0 Å². The molecule has 0 spiro atoms. The van der Waals surface area contributed by atoms with E-state index in [4.69, 9.17) is 4.74 Å². The van der Waals surface area contributed by atoms with Crippen LogP contribution >= 0.6 is 23.1 Å². The largest absolute Gasteiger partial charge is 0.549 e. The van der Waals surface area contributed by atoms with Crippen molar-refractivity contribution in [1.82, 2.24) is 4.98 Å². The van der Waals surface area contributed by atoms with Crippen molar-refractivity contribution in [3.05, 3.63) is 59.1 Å². The normalized spacial score (nSPS) is 15.1. The summed E-state index contributed by atoms with van der Waals surface area (Å²) >= 11 is 2.81. The molecule has 2 aromatic carbocycles. The zero-order valence-electron chi connectivity index (χ0n) is 15.2. The minimum atomic E-state index is -1.08. The molecule has 1 saturated heterocycles. The third kappa shape index (κ3) is 4.55. The molecule has 0 unspecified atom stereocenters. The lowest BCUT2D eigenvalue weighted by Gasteiger charge is -2.28. The maximum atomic E-state index is 11.0. The van der Waals surface area contributed by atoms with Crippen molar-refractivity contribution in [3.63, 3.8) is 0 Å². The molecule has 144 valence electrons. The van der Waals surface area contributed by atoms with E-state index in [2.05, 4.69) is 34.1 Å². The van der Waals surface area contributed by atoms with Gasteiger partial charge in [-0.05, 0) is 35.9 Å². The molecule has 0 radical (unpaired) electrons. The first-order valence-corrected chi connectivity index (χ1v) is 10.8. The average Bonchev–Trinajstić information content (AvgIpc) is 3.16. The molecule has 0 bridgehead atoms. The fraction of sp³-hybridized carbons (Fsp3) is 0.238. The highest BCUT2D eigenvalue weighted by molar-refractivity contribution is 8.09. The monoisotopic (exact) mass is 411 g/mol. The molecule has 2 heterocycles. The van der Waals surface area contributed by atoms with Gasteiger partial charge in [0.25, 0.3) is 0 Å². The van der Waals surface area contributed by atoms with Gasteiger partial charge in [-0.15, -0.1) is 23.1 Å². The van der Waals surface area contributed by atoms with E-state index in [-0.39, 0.29) is 5.75 Å². The zero-order valence-corrected chi connectivity index (χ0v) is 16.8. The first-order chi connectivity index (χ1) is 13.7. The Balaban J connectivity index is 1.61. The number of benzene rings is 2. The second kappa shape index (κ2) is 8.77. The maximum absolute atomic E-state index is 11.0. The van der Waals surface area contributed by atoms with Gasteiger partial charge in [0.05, 0.1) is 29.4 Å². The van der Waals surface area contributed by atoms with Crippen LogP contribution in [0, 0.1) is 0 Å². The van der Waals surface area contributed by atoms with Crippen molar-refractivity contribution in [2.24, 2.45) is 0 Å². The average molecular weight is 412 g/mol. The summed E-state index contributed by atoms with van der Waals surface area (Å²) in [5, 5.41) is 11.8. The predicted molar refractivity (Wildman–Crippen MR) is 114 cm³/mol. The van der Waals surface area contributed by atoms with Crippen molar-refractivity contribution < 1.29 is 14.6 Å². The molecule has 5 nitrogen and oxygen atoms in total. The Morgan fingerprint density at radius 2 is 1.93 bits per heavy atom. The minimum Gasteiger partial charge on any atom is -0.549 e. The lowest BCUT2D eigenvalue weighted by atomic mass is 10.1. The van der Waals surface area contributed by atoms with Crippen LogP contribution in [0.15, 0.2) is 48.5 Å². The van der Waals surface area contributed by atoms with Crippen LogP contribution in [-0.2, 0) is 9.53 Å². The lowest BCUT2D eigenvalue weighted by Crippen LogP contribution is -2.36. The van der Waals surface area contributed by atoms with Gasteiger partial charge in [-0.2, -0.15) is 0 Å². The lowest BCUT2D eigenvalue weighted by molar-refractivity contribution is -0.301. The van der Waals surface area contributed by atoms with Crippen LogP contribution in [0.4, 0.5) is 5.69 Å². The van der Waals surface area contributed by atoms with Crippen LogP contribution in [0.5, 0.6) is 0 Å². The molecule has 7 heteroatoms. The summed E-state index contributed by atoms with van der Waals surface area (Å²) in [6.07, 6.45) is 1.99. The summed E-state index contributed by atoms with van der Waals surface area (Å²) < 4.78 is 6.49. The number of rotatable bonds is 6. The van der Waals surface area contributed by atoms with Crippen LogP contribution in [-0.4, -0.2) is 43.0 Å². The van der Waals surface area contributed by atoms with Crippen molar-refractivity contribution in [2.45, 2.75) is 0 Å². The van der Waals surface area contributed by atoms with Crippen molar-refractivity contribution >= 4 is 56.0 Å². The van der Waals surface area contributed by atoms with Crippen molar-refractivity contribution in [2.75, 3.05) is 37.0 Å². The molecule has 1 aliphatic rings. The highest BCUT2D eigenvalue weighted by Crippen LogP contribution is 2.35. The molecule has 4 rings (SSSR count). The molecule has 28 heavy (non-hydrogen) atoms. The molecule has 0 saturated carbocycles. The number of hydrogen-bond acceptors (Lipinski definition) is 7. The van der Waals surface area contributed by atoms with Crippen LogP contribution in [0.3, 0.4) is 0 Å². The van der Waals surface area contributed by atoms with E-state index in [1.54, 1.807) is 11.3 Å². The Morgan fingerprint density at radius 3 is 2.64 bits per heavy atom. The van der Waals surface area contributed by atoms with Gasteiger partial charge in [-0.25, -0.2) is 4.98 Å². The number of thiazole rings is 1. The second-order valence-electron chi connectivity index (χ2n) is 6.35. The number of aromatic nitrogens is 1. The number of carbonyl (C=O) groups is 1. The fourth-order valence-corrected chi connectivity index (χ4v) is 4.87. The van der Waals surface area contributed by atoms with E-state index >= 15 is 0 Å². The summed E-state index contributed by atoms with van der Waals surface area (Å²) in [7, 11) is 0. The highest BCUT2D eigenvalue weighted by Gasteiger charge is 2.12. The summed E-state index contributed by atoms with van der Waals surface area (Å²) in [5.41, 5.74) is 3.10. The number of carboxylic acids is 1. The summed E-state index contributed by atoms with van der Waals surface area (Å²) in [6, 6.07) is 16.2. The summed E-state index contributed by atoms with van der Waals surface area (Å²) in [6.45, 7) is 3.30. The first-order valence-electron chi connectivity index (χ1n) is 9.02. The number of ether oxygens (including phenoxy) is 1. The number of para-hydroxylation sites is 1. The van der Waals surface area contributed by atoms with E-state index in [0.29, 0.717) is 0 Å². The van der Waals surface area contributed by atoms with E-state index in [1.165, 1.54) is 17.4 Å². The molecular formula is C21H19N2O3S2-. The number of thioether (sulfide) groups is 1. The Hall–Kier alpha value is -2.35. The van der Waals surface area contributed by atoms with E-state index in [9.17, 15) is 9.90 Å². The summed E-state index contributed by atoms with van der Waals surface area (Å²) in [4.78, 5) is 18.8. The molecule has 0 aliphatic carbocycles. The Morgan fingerprint density at radius 1 is 1.18 bits per heavy atom. The van der Waals surface area contributed by atoms with Crippen LogP contribution in [0.2, 0.25) is 0 Å². The third-order valence-corrected chi connectivity index (χ3v) is 6.62. The van der Waals surface area contributed by atoms with Crippen LogP contribution in [0.25, 0.3) is 21.2 Å². The quantitative estimate of drug-likeness (QED) is 0.621. The zero-order chi connectivity index (χ0) is 19.3. The maximum Gasteiger partial charge on any atom is 0.131 e. The molecule has 1 aromatic heterocycles. The molecule has 1 aliphatic heterocycles. The third-order valence-electron chi connectivity index (χ3n) is 4.42. The molecule has 0 atom stereocenters. The SMILES string of the molecule is O=C([O-])CS/C(=C\c1ccc(N2CCOCC2)cc1)c1nc2ccccc2s1. The minimum absolute atomic E-state index is 0.104. The highest BCUT2D eigenvalue weighted by atomic mass is 32.2. The van der Waals surface area contributed by atoms with Crippen molar-refractivity contribution in [3.8, 4) is 0 Å². The number of nitrogens with zero attached hydrogens (tertiary/aromatic N) is 2. The second-order valence-corrected chi connectivity index (χ2v) is 8.39. The van der Waals surface area contributed by atoms with Gasteiger partial charge in [0, 0.05) is 29.4 Å². The van der Waals surface area contributed by atoms with Gasteiger partial charge in [0.1, 0.15) is 5.01 Å². The van der Waals surface area contributed by atoms with Gasteiger partial charge >= 0.3 is 0 Å². The first kappa shape index (κ1) is 19.0. The van der Waals surface area contributed by atoms with Gasteiger partial charge in [0.15, 0.2) is 0 Å². The standard InChI is InChI=1S/C21H20N2O3S2/c24-20(25)14-27-19(21-22-17-3-1-2-4-18(17)28-21)13-15-5-7-16(8-6-15)23-9-11-26-12-10-23/h1-8,13H,9-12,14H2,(H,24,25)/p-1/b19-13-. The van der Waals surface area contributed by atoms with Crippen LogP contribution < -0.4 is 10.0 Å². The molecule has 3 aromatic rings. The molecular weight excluding hydrogens is 392 g/mol. The number of hydrogen-bond donors (Lipinski definition) is 0. The predicted octanol–water partition coefficient (Wildman–Crippen LogP) is 3.11. The van der Waals surface area contributed by atoms with E-state index in [1.807, 2.05) is 30.3 Å². The topological polar surface area (TPSA) is 65.5 Å². The molecule has 1 fully saturated rings. The number of aliphatic carboxylic acids is 1. The van der Waals surface area contributed by atoms with Gasteiger partial charge in [-0.1, -0.05) is 24.3 Å². The van der Waals surface area contributed by atoms with Gasteiger partial charge in [-0.3, -0.25) is 0 Å². The fourth-order valence-electron chi connectivity index (χ4n) is 3.03. The smallest absolute Gasteiger partial charge is 0.131 e. The Bertz CT molecular complexity index is 959. The van der Waals surface area contributed by atoms with Crippen LogP contribution in [0.1, 0.15) is 10.6 Å². The van der Waals surface area contributed by atoms with Gasteiger partial charge < -0.3 is 19.5 Å². The Labute approximate surface area is 171 Å². The number of carboxylic acid groups (broad SMARTS) is 1. The summed E-state index contributed by atoms with van der Waals surface area (Å²) in [5.74, 6) is -1.19. The molecule has 0 N–H and O–H groups in total. The van der Waals surface area contributed by atoms with E-state index in [0.717, 1.165) is 52.0 Å². The number of carbonyl (C=O) groups excluding carboxylic acids is 1. The Kier molecular flexibility index (Phi) is 5.95. The van der Waals surface area contributed by atoms with Gasteiger partial charge in [0.2, 0.25) is 0 Å².